The summed E-state index contributed by atoms with van der Waals surface area (Å²) >= 11 is 7.70. The van der Waals surface area contributed by atoms with Gasteiger partial charge in [-0.3, -0.25) is 0 Å². The van der Waals surface area contributed by atoms with E-state index < -0.39 is 6.23 Å². The fourth-order valence-corrected chi connectivity index (χ4v) is 4.03. The van der Waals surface area contributed by atoms with E-state index in [0.717, 1.165) is 35.8 Å². The predicted octanol–water partition coefficient (Wildman–Crippen LogP) is 4.68. The molecule has 0 bridgehead atoms. The first-order chi connectivity index (χ1) is 12.1. The third-order valence-electron chi connectivity index (χ3n) is 4.32. The lowest BCUT2D eigenvalue weighted by molar-refractivity contribution is 0.180. The monoisotopic (exact) mass is 374 g/mol. The first kappa shape index (κ1) is 18.2. The van der Waals surface area contributed by atoms with Crippen LogP contribution in [0.25, 0.3) is 5.57 Å². The maximum Gasteiger partial charge on any atom is 0.146 e. The van der Waals surface area contributed by atoms with Crippen LogP contribution in [-0.4, -0.2) is 11.3 Å². The van der Waals surface area contributed by atoms with Gasteiger partial charge < -0.3 is 15.7 Å². The molecule has 0 radical (unpaired) electrons. The van der Waals surface area contributed by atoms with Crippen molar-refractivity contribution in [2.24, 2.45) is 0 Å². The zero-order valence-electron chi connectivity index (χ0n) is 14.5. The maximum absolute atomic E-state index is 10.0. The minimum atomic E-state index is -0.561. The molecule has 2 aromatic rings. The first-order valence-corrected chi connectivity index (χ1v) is 9.66. The Hall–Kier alpha value is -1.59. The SMILES string of the molecule is CCC1=CC(c2ccc(CNCc3ccc(Cl)cc3)s2)=C(C)NC1O. The van der Waals surface area contributed by atoms with E-state index in [-0.39, 0.29) is 0 Å². The van der Waals surface area contributed by atoms with Gasteiger partial charge in [-0.2, -0.15) is 0 Å². The van der Waals surface area contributed by atoms with Gasteiger partial charge >= 0.3 is 0 Å². The van der Waals surface area contributed by atoms with Crippen molar-refractivity contribution in [2.45, 2.75) is 39.6 Å². The highest BCUT2D eigenvalue weighted by molar-refractivity contribution is 7.13. The third kappa shape index (κ3) is 4.53. The van der Waals surface area contributed by atoms with Gasteiger partial charge in [0.25, 0.3) is 0 Å². The molecule has 3 nitrogen and oxygen atoms in total. The normalized spacial score (nSPS) is 17.4. The molecule has 2 heterocycles. The van der Waals surface area contributed by atoms with E-state index in [4.69, 9.17) is 11.6 Å². The molecule has 1 aromatic heterocycles. The van der Waals surface area contributed by atoms with Crippen molar-refractivity contribution in [2.75, 3.05) is 0 Å². The number of halogens is 1. The maximum atomic E-state index is 10.0. The van der Waals surface area contributed by atoms with Crippen LogP contribution in [0.4, 0.5) is 0 Å². The summed E-state index contributed by atoms with van der Waals surface area (Å²) in [4.78, 5) is 2.52. The quantitative estimate of drug-likeness (QED) is 0.687. The minimum Gasteiger partial charge on any atom is -0.370 e. The van der Waals surface area contributed by atoms with Crippen LogP contribution < -0.4 is 10.6 Å². The number of rotatable bonds is 6. The smallest absolute Gasteiger partial charge is 0.146 e. The van der Waals surface area contributed by atoms with E-state index in [2.05, 4.69) is 35.8 Å². The van der Waals surface area contributed by atoms with E-state index in [1.807, 2.05) is 31.2 Å². The summed E-state index contributed by atoms with van der Waals surface area (Å²) in [5, 5.41) is 17.4. The lowest BCUT2D eigenvalue weighted by atomic mass is 10.0. The van der Waals surface area contributed by atoms with Crippen LogP contribution in [0.1, 0.15) is 35.6 Å². The Morgan fingerprint density at radius 1 is 1.16 bits per heavy atom. The first-order valence-electron chi connectivity index (χ1n) is 8.47. The molecule has 25 heavy (non-hydrogen) atoms. The molecule has 3 rings (SSSR count). The average molecular weight is 375 g/mol. The molecular weight excluding hydrogens is 352 g/mol. The molecule has 1 aliphatic heterocycles. The Morgan fingerprint density at radius 2 is 1.92 bits per heavy atom. The highest BCUT2D eigenvalue weighted by atomic mass is 35.5. The molecule has 0 spiro atoms. The molecule has 0 fully saturated rings. The van der Waals surface area contributed by atoms with Crippen LogP contribution in [-0.2, 0) is 13.1 Å². The molecule has 0 saturated carbocycles. The van der Waals surface area contributed by atoms with Crippen LogP contribution >= 0.6 is 22.9 Å². The largest absolute Gasteiger partial charge is 0.370 e. The second-order valence-corrected chi connectivity index (χ2v) is 7.76. The van der Waals surface area contributed by atoms with Crippen LogP contribution in [0, 0.1) is 0 Å². The van der Waals surface area contributed by atoms with Gasteiger partial charge in [0.1, 0.15) is 6.23 Å². The third-order valence-corrected chi connectivity index (χ3v) is 5.69. The van der Waals surface area contributed by atoms with Crippen molar-refractivity contribution in [1.82, 2.24) is 10.6 Å². The number of thiophene rings is 1. The number of aliphatic hydroxyl groups is 1. The fraction of sp³-hybridized carbons (Fsp3) is 0.300. The second-order valence-electron chi connectivity index (χ2n) is 6.15. The number of aliphatic hydroxyl groups excluding tert-OH is 1. The molecule has 1 aliphatic rings. The highest BCUT2D eigenvalue weighted by Crippen LogP contribution is 2.31. The molecule has 1 aromatic carbocycles. The molecule has 132 valence electrons. The molecular formula is C20H23ClN2OS. The Balaban J connectivity index is 1.63. The summed E-state index contributed by atoms with van der Waals surface area (Å²) in [5.74, 6) is 0. The van der Waals surface area contributed by atoms with Crippen LogP contribution in [0.5, 0.6) is 0 Å². The minimum absolute atomic E-state index is 0.561. The van der Waals surface area contributed by atoms with Crippen molar-refractivity contribution in [1.29, 1.82) is 0 Å². The van der Waals surface area contributed by atoms with Gasteiger partial charge in [0, 0.05) is 39.1 Å². The summed E-state index contributed by atoms with van der Waals surface area (Å²) in [6.45, 7) is 5.73. The summed E-state index contributed by atoms with van der Waals surface area (Å²) in [5.41, 5.74) is 4.44. The van der Waals surface area contributed by atoms with Crippen LogP contribution in [0.2, 0.25) is 5.02 Å². The number of hydrogen-bond acceptors (Lipinski definition) is 4. The summed E-state index contributed by atoms with van der Waals surface area (Å²) < 4.78 is 0. The Bertz CT molecular complexity index is 792. The van der Waals surface area contributed by atoms with E-state index in [1.54, 1.807) is 11.3 Å². The molecule has 0 aliphatic carbocycles. The van der Waals surface area contributed by atoms with Crippen molar-refractivity contribution in [3.8, 4) is 0 Å². The molecule has 5 heteroatoms. The van der Waals surface area contributed by atoms with E-state index in [0.29, 0.717) is 0 Å². The number of nitrogens with one attached hydrogen (secondary N) is 2. The van der Waals surface area contributed by atoms with Gasteiger partial charge in [0.15, 0.2) is 0 Å². The van der Waals surface area contributed by atoms with E-state index in [1.165, 1.54) is 20.9 Å². The van der Waals surface area contributed by atoms with Gasteiger partial charge in [-0.15, -0.1) is 11.3 Å². The van der Waals surface area contributed by atoms with Crippen LogP contribution in [0.3, 0.4) is 0 Å². The van der Waals surface area contributed by atoms with Gasteiger partial charge in [-0.05, 0) is 54.8 Å². The lowest BCUT2D eigenvalue weighted by Gasteiger charge is -2.24. The predicted molar refractivity (Wildman–Crippen MR) is 106 cm³/mol. The summed E-state index contributed by atoms with van der Waals surface area (Å²) in [6, 6.07) is 12.2. The Morgan fingerprint density at radius 3 is 2.64 bits per heavy atom. The number of hydrogen-bond donors (Lipinski definition) is 3. The zero-order valence-corrected chi connectivity index (χ0v) is 16.0. The molecule has 0 amide bonds. The van der Waals surface area contributed by atoms with Gasteiger partial charge in [-0.25, -0.2) is 0 Å². The van der Waals surface area contributed by atoms with E-state index >= 15 is 0 Å². The summed E-state index contributed by atoms with van der Waals surface area (Å²) in [7, 11) is 0. The van der Waals surface area contributed by atoms with Gasteiger partial charge in [-0.1, -0.05) is 30.7 Å². The molecule has 1 atom stereocenters. The van der Waals surface area contributed by atoms with Crippen molar-refractivity contribution < 1.29 is 5.11 Å². The second kappa shape index (κ2) is 8.19. The van der Waals surface area contributed by atoms with E-state index in [9.17, 15) is 5.11 Å². The number of dihydropyridines is 1. The van der Waals surface area contributed by atoms with Crippen molar-refractivity contribution in [3.05, 3.63) is 74.1 Å². The van der Waals surface area contributed by atoms with Crippen LogP contribution in [0.15, 0.2) is 53.7 Å². The lowest BCUT2D eigenvalue weighted by Crippen LogP contribution is -2.32. The Kier molecular flexibility index (Phi) is 5.97. The topological polar surface area (TPSA) is 44.3 Å². The van der Waals surface area contributed by atoms with Gasteiger partial charge in [0.2, 0.25) is 0 Å². The van der Waals surface area contributed by atoms with Crippen molar-refractivity contribution in [3.63, 3.8) is 0 Å². The molecule has 3 N–H and O–H groups in total. The Labute approximate surface area is 158 Å². The van der Waals surface area contributed by atoms with Gasteiger partial charge in [0.05, 0.1) is 0 Å². The standard InChI is InChI=1S/C20H23ClN2OS/c1-3-15-10-18(13(2)23-20(15)24)19-9-8-17(25-19)12-22-11-14-4-6-16(21)7-5-14/h4-10,20,22-24H,3,11-12H2,1-2H3. The average Bonchev–Trinajstić information content (AvgIpc) is 3.05. The molecule has 0 saturated heterocycles. The highest BCUT2D eigenvalue weighted by Gasteiger charge is 2.18. The zero-order chi connectivity index (χ0) is 17.8. The summed E-state index contributed by atoms with van der Waals surface area (Å²) in [6.07, 6.45) is 2.40. The number of benzene rings is 1. The van der Waals surface area contributed by atoms with Crippen molar-refractivity contribution >= 4 is 28.5 Å². The fourth-order valence-electron chi connectivity index (χ4n) is 2.85. The number of allylic oxidation sites excluding steroid dienone is 3. The molecule has 1 unspecified atom stereocenters.